The van der Waals surface area contributed by atoms with Crippen LogP contribution in [0.3, 0.4) is 0 Å². The summed E-state index contributed by atoms with van der Waals surface area (Å²) in [6.07, 6.45) is -0.228. The molecule has 0 spiro atoms. The summed E-state index contributed by atoms with van der Waals surface area (Å²) in [4.78, 5) is 19.0. The Morgan fingerprint density at radius 3 is 2.19 bits per heavy atom. The van der Waals surface area contributed by atoms with E-state index in [0.29, 0.717) is 29.0 Å². The highest BCUT2D eigenvalue weighted by Gasteiger charge is 2.45. The van der Waals surface area contributed by atoms with Crippen LogP contribution in [0.1, 0.15) is 91.8 Å². The summed E-state index contributed by atoms with van der Waals surface area (Å²) in [6.45, 7) is 9.02. The molecule has 2 aliphatic rings. The van der Waals surface area contributed by atoms with Gasteiger partial charge in [-0.3, -0.25) is 4.79 Å². The number of carbonyl (C=O) groups excluding carboxylic acids is 1. The molecule has 1 saturated carbocycles. The Labute approximate surface area is 300 Å². The highest BCUT2D eigenvalue weighted by atomic mass is 19.4. The van der Waals surface area contributed by atoms with Gasteiger partial charge in [-0.25, -0.2) is 14.5 Å². The van der Waals surface area contributed by atoms with Crippen LogP contribution in [-0.2, 0) is 6.18 Å². The van der Waals surface area contributed by atoms with Gasteiger partial charge in [0.2, 0.25) is 0 Å². The Balaban J connectivity index is 1.30. The molecule has 0 unspecified atom stereocenters. The normalized spacial score (nSPS) is 18.2. The van der Waals surface area contributed by atoms with Crippen LogP contribution < -0.4 is 9.47 Å². The average Bonchev–Trinajstić information content (AvgIpc) is 3.75. The van der Waals surface area contributed by atoms with Gasteiger partial charge in [0.1, 0.15) is 11.5 Å². The molecule has 1 fully saturated rings. The largest absolute Gasteiger partial charge is 0.494 e. The van der Waals surface area contributed by atoms with Gasteiger partial charge in [-0.1, -0.05) is 62.4 Å². The van der Waals surface area contributed by atoms with Crippen LogP contribution >= 0.6 is 0 Å². The van der Waals surface area contributed by atoms with Crippen LogP contribution in [0.25, 0.3) is 23.0 Å². The van der Waals surface area contributed by atoms with Crippen LogP contribution in [0.15, 0.2) is 95.6 Å². The number of halogens is 3. The van der Waals surface area contributed by atoms with Crippen molar-refractivity contribution in [3.05, 3.63) is 119 Å². The lowest BCUT2D eigenvalue weighted by Crippen LogP contribution is -2.32. The number of aromatic nitrogens is 3. The van der Waals surface area contributed by atoms with Crippen molar-refractivity contribution >= 4 is 23.3 Å². The zero-order valence-electron chi connectivity index (χ0n) is 29.5. The topological polar surface area (TPSA) is 81.3 Å². The Kier molecular flexibility index (Phi) is 9.61. The molecule has 1 aliphatic heterocycles. The minimum Gasteiger partial charge on any atom is -0.494 e. The molecule has 3 aromatic carbocycles. The van der Waals surface area contributed by atoms with Crippen molar-refractivity contribution in [3.63, 3.8) is 0 Å². The van der Waals surface area contributed by atoms with Gasteiger partial charge in [-0.15, -0.1) is 0 Å². The van der Waals surface area contributed by atoms with E-state index in [1.165, 1.54) is 11.1 Å². The van der Waals surface area contributed by atoms with E-state index < -0.39 is 23.8 Å². The van der Waals surface area contributed by atoms with Crippen LogP contribution in [0.4, 0.5) is 13.2 Å². The first-order valence-electron chi connectivity index (χ1n) is 17.7. The van der Waals surface area contributed by atoms with Crippen molar-refractivity contribution < 1.29 is 27.4 Å². The van der Waals surface area contributed by atoms with Crippen molar-refractivity contribution in [2.45, 2.75) is 65.1 Å². The van der Waals surface area contributed by atoms with Crippen molar-refractivity contribution in [1.82, 2.24) is 19.6 Å². The first-order valence-corrected chi connectivity index (χ1v) is 17.7. The van der Waals surface area contributed by atoms with Gasteiger partial charge < -0.3 is 9.47 Å². The Bertz CT molecular complexity index is 2140. The molecule has 268 valence electrons. The summed E-state index contributed by atoms with van der Waals surface area (Å²) in [6, 6.07) is 24.5. The summed E-state index contributed by atoms with van der Waals surface area (Å²) < 4.78 is 55.5. The Morgan fingerprint density at radius 1 is 0.923 bits per heavy atom. The minimum absolute atomic E-state index is 0.0842. The number of benzene rings is 3. The lowest BCUT2D eigenvalue weighted by Gasteiger charge is -2.29. The summed E-state index contributed by atoms with van der Waals surface area (Å²) in [5.41, 5.74) is 4.06. The van der Waals surface area contributed by atoms with E-state index in [2.05, 4.69) is 16.2 Å². The van der Waals surface area contributed by atoms with Crippen molar-refractivity contribution in [1.29, 1.82) is 0 Å². The van der Waals surface area contributed by atoms with E-state index in [-0.39, 0.29) is 28.9 Å². The number of hydrazone groups is 1. The maximum absolute atomic E-state index is 14.5. The van der Waals surface area contributed by atoms with Gasteiger partial charge in [-0.05, 0) is 97.7 Å². The lowest BCUT2D eigenvalue weighted by atomic mass is 9.77. The van der Waals surface area contributed by atoms with E-state index in [1.54, 1.807) is 12.1 Å². The second kappa shape index (κ2) is 14.3. The minimum atomic E-state index is -4.76. The number of carbonyl (C=O) groups is 1. The Hall–Kier alpha value is -5.45. The van der Waals surface area contributed by atoms with Crippen molar-refractivity contribution in [2.75, 3.05) is 13.2 Å². The fourth-order valence-corrected chi connectivity index (χ4v) is 7.04. The quantitative estimate of drug-likeness (QED) is 0.152. The predicted octanol–water partition coefficient (Wildman–Crippen LogP) is 9.77. The maximum Gasteiger partial charge on any atom is 0.433 e. The van der Waals surface area contributed by atoms with Crippen LogP contribution in [0.5, 0.6) is 11.5 Å². The number of amides is 1. The monoisotopic (exact) mass is 707 g/mol. The predicted molar refractivity (Wildman–Crippen MR) is 194 cm³/mol. The summed E-state index contributed by atoms with van der Waals surface area (Å²) in [7, 11) is 0. The SMILES string of the molecule is CCOc1ccc(/C=C2/CCC[C@@H]3C2=NN(C(=O)c2cc4nc(-c5ccc(C(C)C)cc5)cc(C(F)(F)F)n4n2)[C@@H]3c2ccc(OCC)cc2)cc1. The molecule has 0 saturated heterocycles. The van der Waals surface area contributed by atoms with E-state index >= 15 is 0 Å². The molecule has 3 heterocycles. The maximum atomic E-state index is 14.5. The lowest BCUT2D eigenvalue weighted by molar-refractivity contribution is -0.142. The molecule has 5 aromatic rings. The van der Waals surface area contributed by atoms with Crippen molar-refractivity contribution in [3.8, 4) is 22.8 Å². The average molecular weight is 708 g/mol. The van der Waals surface area contributed by atoms with Gasteiger partial charge >= 0.3 is 6.18 Å². The van der Waals surface area contributed by atoms with Gasteiger partial charge in [0.05, 0.1) is 30.7 Å². The molecule has 1 amide bonds. The number of nitrogens with zero attached hydrogens (tertiary/aromatic N) is 5. The highest BCUT2D eigenvalue weighted by molar-refractivity contribution is 6.09. The zero-order valence-corrected chi connectivity index (χ0v) is 29.5. The fraction of sp³-hybridized carbons (Fsp3) is 0.317. The van der Waals surface area contributed by atoms with Crippen molar-refractivity contribution in [2.24, 2.45) is 11.0 Å². The van der Waals surface area contributed by atoms with Gasteiger partial charge in [0, 0.05) is 17.5 Å². The molecule has 0 bridgehead atoms. The molecule has 52 heavy (non-hydrogen) atoms. The van der Waals surface area contributed by atoms with E-state index in [4.69, 9.17) is 14.6 Å². The molecule has 8 nitrogen and oxygen atoms in total. The third-order valence-corrected chi connectivity index (χ3v) is 9.58. The molecule has 0 N–H and O–H groups in total. The molecule has 2 atom stereocenters. The number of rotatable bonds is 9. The first-order chi connectivity index (χ1) is 25.0. The molecule has 7 rings (SSSR count). The molecular formula is C41H40F3N5O3. The third-order valence-electron chi connectivity index (χ3n) is 9.58. The standard InChI is InChI=1S/C41H40F3N5O3/c1-5-51-31-18-10-26(11-19-31)22-30-8-7-9-33-38(30)47-49(39(33)29-16-20-32(21-17-29)52-6-2)40(50)35-24-37-45-34(23-36(41(42,43)44)48(37)46-35)28-14-12-27(13-15-28)25(3)4/h10-25,33,39H,5-9H2,1-4H3/b30-22-/t33-,39-/m1/s1. The number of alkyl halides is 3. The zero-order chi connectivity index (χ0) is 36.6. The molecular weight excluding hydrogens is 667 g/mol. The van der Waals surface area contributed by atoms with Gasteiger partial charge in [0.25, 0.3) is 5.91 Å². The number of hydrogen-bond donors (Lipinski definition) is 0. The molecule has 0 radical (unpaired) electrons. The van der Waals surface area contributed by atoms with E-state index in [1.807, 2.05) is 88.4 Å². The number of allylic oxidation sites excluding steroid dienone is 1. The van der Waals surface area contributed by atoms with E-state index in [0.717, 1.165) is 59.1 Å². The molecule has 2 aromatic heterocycles. The van der Waals surface area contributed by atoms with Crippen LogP contribution in [0.2, 0.25) is 0 Å². The van der Waals surface area contributed by atoms with Gasteiger partial charge in [0.15, 0.2) is 17.0 Å². The second-order valence-electron chi connectivity index (χ2n) is 13.4. The fourth-order valence-electron chi connectivity index (χ4n) is 7.04. The van der Waals surface area contributed by atoms with Gasteiger partial charge in [-0.2, -0.15) is 23.4 Å². The summed E-state index contributed by atoms with van der Waals surface area (Å²) in [5, 5.41) is 10.6. The molecule has 11 heteroatoms. The summed E-state index contributed by atoms with van der Waals surface area (Å²) in [5.74, 6) is 1.00. The second-order valence-corrected chi connectivity index (χ2v) is 13.4. The molecule has 1 aliphatic carbocycles. The number of ether oxygens (including phenoxy) is 2. The highest BCUT2D eigenvalue weighted by Crippen LogP contribution is 2.45. The van der Waals surface area contributed by atoms with Crippen LogP contribution in [-0.4, -0.2) is 44.4 Å². The van der Waals surface area contributed by atoms with E-state index in [9.17, 15) is 18.0 Å². The number of hydrogen-bond acceptors (Lipinski definition) is 6. The van der Waals surface area contributed by atoms with Crippen LogP contribution in [0, 0.1) is 5.92 Å². The third kappa shape index (κ3) is 6.91. The Morgan fingerprint density at radius 2 is 1.58 bits per heavy atom. The first kappa shape index (κ1) is 35.0. The summed E-state index contributed by atoms with van der Waals surface area (Å²) >= 11 is 0. The number of fused-ring (bicyclic) bond motifs is 2. The smallest absolute Gasteiger partial charge is 0.433 e.